The molecule has 0 aliphatic heterocycles. The van der Waals surface area contributed by atoms with Crippen molar-refractivity contribution in [2.75, 3.05) is 19.0 Å². The summed E-state index contributed by atoms with van der Waals surface area (Å²) in [6, 6.07) is 8.24. The van der Waals surface area contributed by atoms with Crippen LogP contribution in [0.25, 0.3) is 11.4 Å². The number of aromatic carboxylic acids is 1. The molecule has 6 nitrogen and oxygen atoms in total. The highest BCUT2D eigenvalue weighted by molar-refractivity contribution is 5.85. The molecule has 1 heterocycles. The predicted octanol–water partition coefficient (Wildman–Crippen LogP) is 1.20. The number of hydrogen-bond acceptors (Lipinski definition) is 4. The van der Waals surface area contributed by atoms with Crippen LogP contribution in [0.15, 0.2) is 35.1 Å². The number of H-pyrrole nitrogens is 1. The first-order valence-corrected chi connectivity index (χ1v) is 5.60. The number of rotatable bonds is 3. The van der Waals surface area contributed by atoms with Crippen molar-refractivity contribution in [2.45, 2.75) is 0 Å². The second kappa shape index (κ2) is 4.93. The molecule has 0 aliphatic carbocycles. The van der Waals surface area contributed by atoms with Crippen LogP contribution in [0.4, 0.5) is 5.69 Å². The van der Waals surface area contributed by atoms with E-state index in [0.29, 0.717) is 5.56 Å². The Kier molecular flexibility index (Phi) is 3.33. The van der Waals surface area contributed by atoms with Gasteiger partial charge in [0.25, 0.3) is 5.56 Å². The molecule has 2 rings (SSSR count). The van der Waals surface area contributed by atoms with Crippen LogP contribution in [0.5, 0.6) is 0 Å². The second-order valence-electron chi connectivity index (χ2n) is 4.23. The van der Waals surface area contributed by atoms with Gasteiger partial charge in [-0.2, -0.15) is 0 Å². The van der Waals surface area contributed by atoms with Gasteiger partial charge >= 0.3 is 5.97 Å². The molecule has 1 aromatic heterocycles. The summed E-state index contributed by atoms with van der Waals surface area (Å²) in [6.07, 6.45) is 0. The Morgan fingerprint density at radius 3 is 2.42 bits per heavy atom. The van der Waals surface area contributed by atoms with Gasteiger partial charge in [0.2, 0.25) is 0 Å². The fourth-order valence-corrected chi connectivity index (χ4v) is 1.62. The normalized spacial score (nSPS) is 10.2. The van der Waals surface area contributed by atoms with Gasteiger partial charge in [-0.25, -0.2) is 9.78 Å². The zero-order valence-electron chi connectivity index (χ0n) is 10.5. The summed E-state index contributed by atoms with van der Waals surface area (Å²) < 4.78 is 0. The Balaban J connectivity index is 2.46. The zero-order valence-corrected chi connectivity index (χ0v) is 10.5. The maximum absolute atomic E-state index is 11.4. The van der Waals surface area contributed by atoms with Gasteiger partial charge in [-0.3, -0.25) is 4.79 Å². The van der Waals surface area contributed by atoms with Crippen LogP contribution in [-0.2, 0) is 0 Å². The Bertz CT molecular complexity index is 660. The summed E-state index contributed by atoms with van der Waals surface area (Å²) in [6.45, 7) is 0. The molecule has 6 heteroatoms. The van der Waals surface area contributed by atoms with Crippen molar-refractivity contribution in [3.8, 4) is 11.4 Å². The summed E-state index contributed by atoms with van der Waals surface area (Å²) in [5.74, 6) is -0.979. The van der Waals surface area contributed by atoms with Gasteiger partial charge in [0.1, 0.15) is 5.82 Å². The molecule has 1 aromatic carbocycles. The molecule has 2 N–H and O–H groups in total. The molecule has 0 spiro atoms. The minimum atomic E-state index is -1.22. The lowest BCUT2D eigenvalue weighted by Crippen LogP contribution is -2.13. The van der Waals surface area contributed by atoms with Crippen LogP contribution in [0.3, 0.4) is 0 Å². The second-order valence-corrected chi connectivity index (χ2v) is 4.23. The van der Waals surface area contributed by atoms with Gasteiger partial charge in [0.05, 0.1) is 0 Å². The number of hydrogen-bond donors (Lipinski definition) is 2. The Labute approximate surface area is 109 Å². The highest BCUT2D eigenvalue weighted by Crippen LogP contribution is 2.18. The fourth-order valence-electron chi connectivity index (χ4n) is 1.62. The first kappa shape index (κ1) is 12.8. The molecule has 19 heavy (non-hydrogen) atoms. The molecule has 0 radical (unpaired) electrons. The van der Waals surface area contributed by atoms with Crippen LogP contribution in [0.2, 0.25) is 0 Å². The van der Waals surface area contributed by atoms with E-state index in [0.717, 1.165) is 11.8 Å². The molecule has 98 valence electrons. The van der Waals surface area contributed by atoms with E-state index in [4.69, 9.17) is 5.11 Å². The SMILES string of the molecule is CN(C)c1ccc(-c2nc(C(=O)O)cc(=O)[nH]2)cc1. The van der Waals surface area contributed by atoms with Crippen LogP contribution in [0, 0.1) is 0 Å². The van der Waals surface area contributed by atoms with Crippen molar-refractivity contribution in [3.63, 3.8) is 0 Å². The van der Waals surface area contributed by atoms with Crippen LogP contribution in [-0.4, -0.2) is 35.1 Å². The maximum atomic E-state index is 11.4. The molecule has 0 bridgehead atoms. The van der Waals surface area contributed by atoms with Gasteiger partial charge < -0.3 is 15.0 Å². The van der Waals surface area contributed by atoms with Crippen molar-refractivity contribution in [2.24, 2.45) is 0 Å². The molecule has 0 atom stereocenters. The number of aromatic amines is 1. The number of carboxylic acids is 1. The van der Waals surface area contributed by atoms with E-state index in [-0.39, 0.29) is 11.5 Å². The Morgan fingerprint density at radius 1 is 1.26 bits per heavy atom. The van der Waals surface area contributed by atoms with E-state index in [9.17, 15) is 9.59 Å². The van der Waals surface area contributed by atoms with Crippen LogP contribution < -0.4 is 10.5 Å². The maximum Gasteiger partial charge on any atom is 0.354 e. The third-order valence-corrected chi connectivity index (χ3v) is 2.62. The molecule has 0 saturated carbocycles. The third kappa shape index (κ3) is 2.79. The number of aromatic nitrogens is 2. The minimum Gasteiger partial charge on any atom is -0.477 e. The molecule has 0 aliphatic rings. The molecule has 0 saturated heterocycles. The monoisotopic (exact) mass is 259 g/mol. The largest absolute Gasteiger partial charge is 0.477 e. The average Bonchev–Trinajstić information content (AvgIpc) is 2.38. The fraction of sp³-hybridized carbons (Fsp3) is 0.154. The summed E-state index contributed by atoms with van der Waals surface area (Å²) in [4.78, 5) is 30.6. The Hall–Kier alpha value is -2.63. The summed E-state index contributed by atoms with van der Waals surface area (Å²) >= 11 is 0. The molecule has 0 fully saturated rings. The molecule has 0 amide bonds. The minimum absolute atomic E-state index is 0.246. The van der Waals surface area contributed by atoms with Crippen LogP contribution >= 0.6 is 0 Å². The topological polar surface area (TPSA) is 86.3 Å². The van der Waals surface area contributed by atoms with Crippen molar-refractivity contribution < 1.29 is 9.90 Å². The number of nitrogens with zero attached hydrogens (tertiary/aromatic N) is 2. The molecular weight excluding hydrogens is 246 g/mol. The first-order valence-electron chi connectivity index (χ1n) is 5.60. The van der Waals surface area contributed by atoms with E-state index >= 15 is 0 Å². The summed E-state index contributed by atoms with van der Waals surface area (Å²) in [7, 11) is 3.83. The van der Waals surface area contributed by atoms with Gasteiger partial charge in [-0.1, -0.05) is 0 Å². The van der Waals surface area contributed by atoms with Crippen molar-refractivity contribution >= 4 is 11.7 Å². The van der Waals surface area contributed by atoms with E-state index < -0.39 is 11.5 Å². The predicted molar refractivity (Wildman–Crippen MR) is 71.6 cm³/mol. The summed E-state index contributed by atoms with van der Waals surface area (Å²) in [5, 5.41) is 8.88. The molecule has 0 unspecified atom stereocenters. The zero-order chi connectivity index (χ0) is 14.0. The van der Waals surface area contributed by atoms with Gasteiger partial charge in [-0.15, -0.1) is 0 Å². The highest BCUT2D eigenvalue weighted by Gasteiger charge is 2.09. The van der Waals surface area contributed by atoms with E-state index in [1.165, 1.54) is 0 Å². The number of nitrogens with one attached hydrogen (secondary N) is 1. The summed E-state index contributed by atoms with van der Waals surface area (Å²) in [5.41, 5.74) is 0.904. The third-order valence-electron chi connectivity index (χ3n) is 2.62. The highest BCUT2D eigenvalue weighted by atomic mass is 16.4. The van der Waals surface area contributed by atoms with Crippen molar-refractivity contribution in [1.82, 2.24) is 9.97 Å². The quantitative estimate of drug-likeness (QED) is 0.865. The first-order chi connectivity index (χ1) is 8.97. The lowest BCUT2D eigenvalue weighted by atomic mass is 10.2. The standard InChI is InChI=1S/C13H13N3O3/c1-16(2)9-5-3-8(4-6-9)12-14-10(13(18)19)7-11(17)15-12/h3-7H,1-2H3,(H,18,19)(H,14,15,17). The number of anilines is 1. The smallest absolute Gasteiger partial charge is 0.354 e. The number of carboxylic acid groups (broad SMARTS) is 1. The van der Waals surface area contributed by atoms with E-state index in [1.807, 2.05) is 31.1 Å². The lowest BCUT2D eigenvalue weighted by Gasteiger charge is -2.12. The van der Waals surface area contributed by atoms with Gasteiger partial charge in [0.15, 0.2) is 5.69 Å². The van der Waals surface area contributed by atoms with Gasteiger partial charge in [-0.05, 0) is 24.3 Å². The van der Waals surface area contributed by atoms with Crippen molar-refractivity contribution in [3.05, 3.63) is 46.4 Å². The molecule has 2 aromatic rings. The lowest BCUT2D eigenvalue weighted by molar-refractivity contribution is 0.0690. The van der Waals surface area contributed by atoms with Crippen LogP contribution in [0.1, 0.15) is 10.5 Å². The van der Waals surface area contributed by atoms with E-state index in [2.05, 4.69) is 9.97 Å². The molecular formula is C13H13N3O3. The average molecular weight is 259 g/mol. The number of benzene rings is 1. The van der Waals surface area contributed by atoms with Crippen molar-refractivity contribution in [1.29, 1.82) is 0 Å². The van der Waals surface area contributed by atoms with Gasteiger partial charge in [0, 0.05) is 31.4 Å². The number of carbonyl (C=O) groups is 1. The Morgan fingerprint density at radius 2 is 1.89 bits per heavy atom. The van der Waals surface area contributed by atoms with E-state index in [1.54, 1.807) is 12.1 Å².